The van der Waals surface area contributed by atoms with Gasteiger partial charge in [-0.25, -0.2) is 4.79 Å². The molecular weight excluding hydrogens is 402 g/mol. The Bertz CT molecular complexity index is 1170. The Morgan fingerprint density at radius 3 is 2.28 bits per heavy atom. The van der Waals surface area contributed by atoms with Crippen molar-refractivity contribution < 1.29 is 14.3 Å². The standard InChI is InChI=1S/C24H24N2O.C2H5NO2/c1-27-21-11-12-24-23(15-21)20(13-14-25)17-26(24)16-19-9-5-6-10-22(19)18-7-3-2-4-8-18;1-5-2(3)4/h2-12,15,17H,13-14,16,25H2,1H3;1H3,(H2,3,4). The number of carbonyl (C=O) groups is 1. The molecule has 0 spiro atoms. The number of carbonyl (C=O) groups excluding carboxylic acids is 1. The summed E-state index contributed by atoms with van der Waals surface area (Å²) in [6.45, 7) is 1.45. The topological polar surface area (TPSA) is 92.5 Å². The molecule has 0 radical (unpaired) electrons. The molecule has 4 rings (SSSR count). The molecule has 166 valence electrons. The Kier molecular flexibility index (Phi) is 7.89. The highest BCUT2D eigenvalue weighted by Crippen LogP contribution is 2.29. The SMILES string of the molecule is COC(N)=O.COc1ccc2c(c1)c(CCN)cn2Cc1ccccc1-c1ccccc1. The summed E-state index contributed by atoms with van der Waals surface area (Å²) in [5.41, 5.74) is 16.6. The van der Waals surface area contributed by atoms with Gasteiger partial charge < -0.3 is 25.5 Å². The van der Waals surface area contributed by atoms with Crippen molar-refractivity contribution in [1.82, 2.24) is 4.57 Å². The Balaban J connectivity index is 0.000000523. The molecule has 0 saturated carbocycles. The molecular formula is C26H29N3O3. The van der Waals surface area contributed by atoms with Crippen LogP contribution in [-0.2, 0) is 17.7 Å². The van der Waals surface area contributed by atoms with E-state index in [0.29, 0.717) is 6.54 Å². The number of aromatic nitrogens is 1. The normalized spacial score (nSPS) is 10.3. The molecule has 1 amide bonds. The average molecular weight is 432 g/mol. The van der Waals surface area contributed by atoms with Crippen molar-refractivity contribution in [1.29, 1.82) is 0 Å². The molecule has 1 aromatic heterocycles. The first-order valence-electron chi connectivity index (χ1n) is 10.4. The zero-order chi connectivity index (χ0) is 22.9. The van der Waals surface area contributed by atoms with Gasteiger partial charge in [0.2, 0.25) is 0 Å². The molecule has 0 aliphatic heterocycles. The van der Waals surface area contributed by atoms with Crippen molar-refractivity contribution in [3.8, 4) is 16.9 Å². The number of hydrogen-bond acceptors (Lipinski definition) is 4. The second kappa shape index (κ2) is 11.0. The van der Waals surface area contributed by atoms with Gasteiger partial charge in [0.25, 0.3) is 0 Å². The summed E-state index contributed by atoms with van der Waals surface area (Å²) in [6.07, 6.45) is 2.35. The van der Waals surface area contributed by atoms with Crippen molar-refractivity contribution >= 4 is 17.0 Å². The number of nitrogens with two attached hydrogens (primary N) is 2. The minimum Gasteiger partial charge on any atom is -0.497 e. The fraction of sp³-hybridized carbons (Fsp3) is 0.192. The van der Waals surface area contributed by atoms with Gasteiger partial charge in [-0.1, -0.05) is 54.6 Å². The average Bonchev–Trinajstić information content (AvgIpc) is 3.17. The smallest absolute Gasteiger partial charge is 0.404 e. The first-order valence-corrected chi connectivity index (χ1v) is 10.4. The summed E-state index contributed by atoms with van der Waals surface area (Å²) in [4.78, 5) is 9.37. The Hall–Kier alpha value is -3.77. The van der Waals surface area contributed by atoms with Crippen molar-refractivity contribution in [2.45, 2.75) is 13.0 Å². The molecule has 6 heteroatoms. The first-order chi connectivity index (χ1) is 15.6. The van der Waals surface area contributed by atoms with E-state index >= 15 is 0 Å². The third-order valence-electron chi connectivity index (χ3n) is 5.23. The number of methoxy groups -OCH3 is 2. The van der Waals surface area contributed by atoms with Gasteiger partial charge in [0.15, 0.2) is 0 Å². The fourth-order valence-electron chi connectivity index (χ4n) is 3.70. The zero-order valence-corrected chi connectivity index (χ0v) is 18.5. The van der Waals surface area contributed by atoms with Crippen LogP contribution in [-0.4, -0.2) is 31.4 Å². The maximum absolute atomic E-state index is 9.37. The lowest BCUT2D eigenvalue weighted by Gasteiger charge is -2.12. The van der Waals surface area contributed by atoms with Crippen LogP contribution >= 0.6 is 0 Å². The summed E-state index contributed by atoms with van der Waals surface area (Å²) in [5, 5.41) is 1.22. The minimum absolute atomic E-state index is 0.636. The van der Waals surface area contributed by atoms with Gasteiger partial charge in [-0.3, -0.25) is 0 Å². The molecule has 0 unspecified atom stereocenters. The Labute approximate surface area is 188 Å². The second-order valence-corrected chi connectivity index (χ2v) is 7.25. The molecule has 1 heterocycles. The highest BCUT2D eigenvalue weighted by molar-refractivity contribution is 5.85. The molecule has 0 bridgehead atoms. The summed E-state index contributed by atoms with van der Waals surface area (Å²) in [7, 11) is 2.93. The highest BCUT2D eigenvalue weighted by atomic mass is 16.5. The molecule has 0 atom stereocenters. The molecule has 0 aliphatic carbocycles. The van der Waals surface area contributed by atoms with E-state index in [1.807, 2.05) is 6.07 Å². The van der Waals surface area contributed by atoms with Gasteiger partial charge in [-0.05, 0) is 53.4 Å². The largest absolute Gasteiger partial charge is 0.497 e. The number of benzene rings is 3. The monoisotopic (exact) mass is 431 g/mol. The van der Waals surface area contributed by atoms with Crippen molar-refractivity contribution in [2.75, 3.05) is 20.8 Å². The van der Waals surface area contributed by atoms with Gasteiger partial charge in [0, 0.05) is 23.6 Å². The molecule has 0 fully saturated rings. The van der Waals surface area contributed by atoms with Crippen molar-refractivity contribution in [3.63, 3.8) is 0 Å². The number of ether oxygens (including phenoxy) is 2. The molecule has 4 aromatic rings. The van der Waals surface area contributed by atoms with Crippen LogP contribution in [0, 0.1) is 0 Å². The molecule has 0 saturated heterocycles. The van der Waals surface area contributed by atoms with E-state index in [-0.39, 0.29) is 0 Å². The first kappa shape index (κ1) is 22.9. The van der Waals surface area contributed by atoms with Crippen LogP contribution in [0.4, 0.5) is 4.79 Å². The van der Waals surface area contributed by atoms with Gasteiger partial charge in [-0.15, -0.1) is 0 Å². The minimum atomic E-state index is -0.745. The maximum Gasteiger partial charge on any atom is 0.404 e. The van der Waals surface area contributed by atoms with Crippen molar-refractivity contribution in [2.24, 2.45) is 11.5 Å². The second-order valence-electron chi connectivity index (χ2n) is 7.25. The molecule has 0 aliphatic rings. The number of nitrogens with zero attached hydrogens (tertiary/aromatic N) is 1. The summed E-state index contributed by atoms with van der Waals surface area (Å²) in [5.74, 6) is 0.878. The van der Waals surface area contributed by atoms with E-state index in [2.05, 4.69) is 88.0 Å². The van der Waals surface area contributed by atoms with E-state index in [9.17, 15) is 4.79 Å². The van der Waals surface area contributed by atoms with Gasteiger partial charge in [0.1, 0.15) is 5.75 Å². The third-order valence-corrected chi connectivity index (χ3v) is 5.23. The van der Waals surface area contributed by atoms with Crippen LogP contribution in [0.2, 0.25) is 0 Å². The maximum atomic E-state index is 9.37. The van der Waals surface area contributed by atoms with Gasteiger partial charge in [-0.2, -0.15) is 0 Å². The zero-order valence-electron chi connectivity index (χ0n) is 18.5. The van der Waals surface area contributed by atoms with Gasteiger partial charge in [0.05, 0.1) is 14.2 Å². The van der Waals surface area contributed by atoms with Crippen molar-refractivity contribution in [3.05, 3.63) is 90.1 Å². The fourth-order valence-corrected chi connectivity index (χ4v) is 3.70. The lowest BCUT2D eigenvalue weighted by Crippen LogP contribution is -2.08. The number of fused-ring (bicyclic) bond motifs is 1. The van der Waals surface area contributed by atoms with Crippen LogP contribution < -0.4 is 16.2 Å². The molecule has 3 aromatic carbocycles. The van der Waals surface area contributed by atoms with Crippen LogP contribution in [0.25, 0.3) is 22.0 Å². The van der Waals surface area contributed by atoms with Crippen LogP contribution in [0.5, 0.6) is 5.75 Å². The molecule has 6 nitrogen and oxygen atoms in total. The summed E-state index contributed by atoms with van der Waals surface area (Å²) in [6, 6.07) is 25.4. The Morgan fingerprint density at radius 2 is 1.62 bits per heavy atom. The van der Waals surface area contributed by atoms with E-state index in [1.165, 1.54) is 40.3 Å². The van der Waals surface area contributed by atoms with E-state index < -0.39 is 6.09 Å². The van der Waals surface area contributed by atoms with E-state index in [0.717, 1.165) is 18.7 Å². The number of rotatable bonds is 6. The lowest BCUT2D eigenvalue weighted by atomic mass is 10.00. The quantitative estimate of drug-likeness (QED) is 0.467. The Morgan fingerprint density at radius 1 is 0.938 bits per heavy atom. The lowest BCUT2D eigenvalue weighted by molar-refractivity contribution is 0.182. The number of primary amides is 1. The summed E-state index contributed by atoms with van der Waals surface area (Å²) >= 11 is 0. The highest BCUT2D eigenvalue weighted by Gasteiger charge is 2.12. The number of amides is 1. The summed E-state index contributed by atoms with van der Waals surface area (Å²) < 4.78 is 11.6. The van der Waals surface area contributed by atoms with Gasteiger partial charge >= 0.3 is 6.09 Å². The van der Waals surface area contributed by atoms with Crippen LogP contribution in [0.1, 0.15) is 11.1 Å². The predicted molar refractivity (Wildman–Crippen MR) is 129 cm³/mol. The number of hydrogen-bond donors (Lipinski definition) is 2. The molecule has 4 N–H and O–H groups in total. The molecule has 32 heavy (non-hydrogen) atoms. The van der Waals surface area contributed by atoms with Crippen LogP contribution in [0.15, 0.2) is 79.0 Å². The van der Waals surface area contributed by atoms with E-state index in [4.69, 9.17) is 10.5 Å². The predicted octanol–water partition coefficient (Wildman–Crippen LogP) is 4.58. The van der Waals surface area contributed by atoms with Crippen LogP contribution in [0.3, 0.4) is 0 Å². The third kappa shape index (κ3) is 5.47. The van der Waals surface area contributed by atoms with E-state index in [1.54, 1.807) is 7.11 Å².